The lowest BCUT2D eigenvalue weighted by atomic mass is 10.4. The molecule has 8 heteroatoms. The van der Waals surface area contributed by atoms with Gasteiger partial charge in [-0.3, -0.25) is 4.68 Å². The van der Waals surface area contributed by atoms with Crippen molar-refractivity contribution >= 4 is 27.7 Å². The Morgan fingerprint density at radius 2 is 2.05 bits per heavy atom. The molecule has 2 rings (SSSR count). The first-order valence-corrected chi connectivity index (χ1v) is 8.75. The fraction of sp³-hybridized carbons (Fsp3) is 0.615. The van der Waals surface area contributed by atoms with Gasteiger partial charge in [-0.15, -0.1) is 10.2 Å². The molecule has 0 fully saturated rings. The Kier molecular flexibility index (Phi) is 5.45. The van der Waals surface area contributed by atoms with Crippen molar-refractivity contribution in [3.63, 3.8) is 0 Å². The number of thioether (sulfide) groups is 1. The minimum atomic E-state index is 0.294. The van der Waals surface area contributed by atoms with Gasteiger partial charge in [-0.1, -0.05) is 11.8 Å². The van der Waals surface area contributed by atoms with Crippen molar-refractivity contribution in [2.45, 2.75) is 57.7 Å². The summed E-state index contributed by atoms with van der Waals surface area (Å²) < 4.78 is 5.19. The van der Waals surface area contributed by atoms with Gasteiger partial charge < -0.3 is 10.3 Å². The molecule has 0 amide bonds. The van der Waals surface area contributed by atoms with Crippen molar-refractivity contribution < 1.29 is 0 Å². The first-order valence-electron chi connectivity index (χ1n) is 6.98. The molecule has 0 aromatic carbocycles. The van der Waals surface area contributed by atoms with E-state index >= 15 is 0 Å². The Balaban J connectivity index is 2.23. The van der Waals surface area contributed by atoms with E-state index < -0.39 is 0 Å². The monoisotopic (exact) mass is 372 g/mol. The summed E-state index contributed by atoms with van der Waals surface area (Å²) in [4.78, 5) is 0. The largest absolute Gasteiger partial charge is 0.324 e. The van der Waals surface area contributed by atoms with Gasteiger partial charge in [-0.05, 0) is 43.6 Å². The van der Waals surface area contributed by atoms with Crippen LogP contribution < -0.4 is 5.73 Å². The summed E-state index contributed by atoms with van der Waals surface area (Å²) in [7, 11) is 0. The molecule has 2 aromatic heterocycles. The third-order valence-electron chi connectivity index (χ3n) is 3.22. The molecule has 2 aromatic rings. The first-order chi connectivity index (χ1) is 9.99. The van der Waals surface area contributed by atoms with Gasteiger partial charge in [0.05, 0.1) is 22.4 Å². The Morgan fingerprint density at radius 1 is 1.33 bits per heavy atom. The molecule has 0 aliphatic heterocycles. The number of aromatic nitrogens is 5. The lowest BCUT2D eigenvalue weighted by Gasteiger charge is -2.13. The van der Waals surface area contributed by atoms with Gasteiger partial charge in [0.1, 0.15) is 5.82 Å². The van der Waals surface area contributed by atoms with E-state index in [1.807, 2.05) is 11.6 Å². The molecule has 0 aliphatic carbocycles. The summed E-state index contributed by atoms with van der Waals surface area (Å²) in [5.74, 6) is 1.62. The first kappa shape index (κ1) is 16.5. The summed E-state index contributed by atoms with van der Waals surface area (Å²) in [5.41, 5.74) is 7.92. The molecule has 2 N–H and O–H groups in total. The van der Waals surface area contributed by atoms with Crippen molar-refractivity contribution in [1.29, 1.82) is 0 Å². The maximum absolute atomic E-state index is 5.73. The van der Waals surface area contributed by atoms with Crippen LogP contribution in [0.25, 0.3) is 0 Å². The third kappa shape index (κ3) is 3.32. The van der Waals surface area contributed by atoms with Gasteiger partial charge in [0.2, 0.25) is 0 Å². The van der Waals surface area contributed by atoms with Crippen LogP contribution in [0.4, 0.5) is 0 Å². The average molecular weight is 373 g/mol. The van der Waals surface area contributed by atoms with Crippen LogP contribution in [-0.2, 0) is 18.8 Å². The molecule has 0 aliphatic rings. The average Bonchev–Trinajstić information content (AvgIpc) is 2.99. The van der Waals surface area contributed by atoms with Crippen molar-refractivity contribution in [3.05, 3.63) is 21.7 Å². The van der Waals surface area contributed by atoms with Gasteiger partial charge in [0.15, 0.2) is 5.16 Å². The van der Waals surface area contributed by atoms with E-state index in [9.17, 15) is 0 Å². The van der Waals surface area contributed by atoms with E-state index in [-0.39, 0.29) is 0 Å². The highest BCUT2D eigenvalue weighted by molar-refractivity contribution is 9.10. The third-order valence-corrected chi connectivity index (χ3v) is 5.21. The van der Waals surface area contributed by atoms with Crippen LogP contribution in [0.5, 0.6) is 0 Å². The minimum absolute atomic E-state index is 0.294. The van der Waals surface area contributed by atoms with Crippen molar-refractivity contribution in [2.75, 3.05) is 0 Å². The smallest absolute Gasteiger partial charge is 0.191 e. The number of rotatable bonds is 6. The van der Waals surface area contributed by atoms with Crippen LogP contribution >= 0.6 is 27.7 Å². The summed E-state index contributed by atoms with van der Waals surface area (Å²) in [5, 5.41) is 13.9. The van der Waals surface area contributed by atoms with E-state index in [1.165, 1.54) is 5.69 Å². The maximum Gasteiger partial charge on any atom is 0.191 e. The van der Waals surface area contributed by atoms with Gasteiger partial charge in [-0.2, -0.15) is 5.10 Å². The normalized spacial score (nSPS) is 11.6. The molecule has 0 unspecified atom stereocenters. The predicted octanol–water partition coefficient (Wildman–Crippen LogP) is 2.90. The topological polar surface area (TPSA) is 74.6 Å². The number of nitrogens with two attached hydrogens (primary N) is 1. The Morgan fingerprint density at radius 3 is 2.62 bits per heavy atom. The quantitative estimate of drug-likeness (QED) is 0.788. The number of hydrogen-bond acceptors (Lipinski definition) is 5. The zero-order valence-corrected chi connectivity index (χ0v) is 15.2. The summed E-state index contributed by atoms with van der Waals surface area (Å²) in [6.45, 7) is 9.59. The fourth-order valence-corrected chi connectivity index (χ4v) is 3.93. The number of hydrogen-bond donors (Lipinski definition) is 1. The lowest BCUT2D eigenvalue weighted by Crippen LogP contribution is -2.11. The highest BCUT2D eigenvalue weighted by atomic mass is 79.9. The lowest BCUT2D eigenvalue weighted by molar-refractivity contribution is 0.526. The minimum Gasteiger partial charge on any atom is -0.324 e. The Labute approximate surface area is 137 Å². The van der Waals surface area contributed by atoms with Crippen LogP contribution in [-0.4, -0.2) is 24.5 Å². The van der Waals surface area contributed by atoms with Crippen molar-refractivity contribution in [2.24, 2.45) is 5.73 Å². The van der Waals surface area contributed by atoms with Gasteiger partial charge in [0, 0.05) is 18.3 Å². The molecule has 0 saturated heterocycles. The van der Waals surface area contributed by atoms with E-state index in [0.717, 1.165) is 33.4 Å². The molecule has 0 saturated carbocycles. The highest BCUT2D eigenvalue weighted by Crippen LogP contribution is 2.29. The van der Waals surface area contributed by atoms with Crippen LogP contribution in [0.1, 0.15) is 44.0 Å². The number of aryl methyl sites for hydroxylation is 2. The van der Waals surface area contributed by atoms with Crippen molar-refractivity contribution in [3.8, 4) is 0 Å². The predicted molar refractivity (Wildman–Crippen MR) is 88.2 cm³/mol. The SMILES string of the molecule is CCn1nc(C)c(Br)c1CSc1nnc(CN)n1C(C)C. The second-order valence-corrected chi connectivity index (χ2v) is 6.75. The summed E-state index contributed by atoms with van der Waals surface area (Å²) in [6.07, 6.45) is 0. The number of halogens is 1. The zero-order valence-electron chi connectivity index (χ0n) is 12.8. The van der Waals surface area contributed by atoms with Gasteiger partial charge in [-0.25, -0.2) is 0 Å². The molecule has 0 radical (unpaired) electrons. The van der Waals surface area contributed by atoms with Crippen molar-refractivity contribution in [1.82, 2.24) is 24.5 Å². The maximum atomic E-state index is 5.73. The molecule has 116 valence electrons. The van der Waals surface area contributed by atoms with Crippen LogP contribution in [0.3, 0.4) is 0 Å². The standard InChI is InChI=1S/C13H21BrN6S/c1-5-19-10(12(14)9(4)18-19)7-21-13-17-16-11(6-15)20(13)8(2)3/h8H,5-7,15H2,1-4H3. The molecule has 0 spiro atoms. The van der Waals surface area contributed by atoms with E-state index in [0.29, 0.717) is 12.6 Å². The molecule has 0 bridgehead atoms. The fourth-order valence-electron chi connectivity index (χ4n) is 2.20. The number of nitrogens with zero attached hydrogens (tertiary/aromatic N) is 5. The van der Waals surface area contributed by atoms with Crippen LogP contribution in [0, 0.1) is 6.92 Å². The highest BCUT2D eigenvalue weighted by Gasteiger charge is 2.17. The molecular weight excluding hydrogens is 352 g/mol. The van der Waals surface area contributed by atoms with E-state index in [4.69, 9.17) is 5.73 Å². The molecule has 0 atom stereocenters. The molecule has 2 heterocycles. The van der Waals surface area contributed by atoms with Gasteiger partial charge >= 0.3 is 0 Å². The second-order valence-electron chi connectivity index (χ2n) is 5.02. The molecule has 21 heavy (non-hydrogen) atoms. The van der Waals surface area contributed by atoms with Crippen LogP contribution in [0.15, 0.2) is 9.63 Å². The summed E-state index contributed by atoms with van der Waals surface area (Å²) in [6, 6.07) is 0.294. The Bertz CT molecular complexity index is 618. The van der Waals surface area contributed by atoms with Gasteiger partial charge in [0.25, 0.3) is 0 Å². The Hall–Kier alpha value is -0.860. The zero-order chi connectivity index (χ0) is 15.6. The van der Waals surface area contributed by atoms with Crippen LogP contribution in [0.2, 0.25) is 0 Å². The molecule has 6 nitrogen and oxygen atoms in total. The summed E-state index contributed by atoms with van der Waals surface area (Å²) >= 11 is 5.29. The van der Waals surface area contributed by atoms with E-state index in [2.05, 4.69) is 56.6 Å². The molecular formula is C13H21BrN6S. The second kappa shape index (κ2) is 6.93. The van der Waals surface area contributed by atoms with E-state index in [1.54, 1.807) is 11.8 Å².